The molecule has 3 heterocycles. The van der Waals surface area contributed by atoms with Gasteiger partial charge in [-0.05, 0) is 18.2 Å². The number of nitrogens with zero attached hydrogens (tertiary/aromatic N) is 2. The Kier molecular flexibility index (Phi) is 3.44. The second-order valence-electron chi connectivity index (χ2n) is 5.16. The van der Waals surface area contributed by atoms with Crippen molar-refractivity contribution in [3.05, 3.63) is 23.6 Å². The third-order valence-electron chi connectivity index (χ3n) is 3.68. The number of amides is 1. The minimum absolute atomic E-state index is 0.0736. The highest BCUT2D eigenvalue weighted by Crippen LogP contribution is 2.34. The Labute approximate surface area is 131 Å². The van der Waals surface area contributed by atoms with Gasteiger partial charge in [0.25, 0.3) is 5.91 Å². The largest absolute Gasteiger partial charge is 0.482 e. The Bertz CT molecular complexity index is 710. The second kappa shape index (κ2) is 5.58. The number of carbonyl (C=O) groups is 1. The normalized spacial score (nSPS) is 17.6. The van der Waals surface area contributed by atoms with E-state index in [1.165, 1.54) is 0 Å². The summed E-state index contributed by atoms with van der Waals surface area (Å²) in [6, 6.07) is 5.75. The van der Waals surface area contributed by atoms with Gasteiger partial charge in [-0.25, -0.2) is 4.98 Å². The Hall–Kier alpha value is -2.12. The van der Waals surface area contributed by atoms with Crippen LogP contribution in [0.2, 0.25) is 0 Å². The van der Waals surface area contributed by atoms with E-state index in [1.807, 2.05) is 23.6 Å². The fourth-order valence-corrected chi connectivity index (χ4v) is 3.43. The van der Waals surface area contributed by atoms with E-state index in [-0.39, 0.29) is 12.5 Å². The number of hydrogen-bond donors (Lipinski definition) is 1. The molecule has 0 spiro atoms. The lowest BCUT2D eigenvalue weighted by atomic mass is 10.1. The molecule has 4 rings (SSSR count). The molecule has 1 aromatic heterocycles. The molecule has 2 aliphatic rings. The molecule has 0 aliphatic carbocycles. The summed E-state index contributed by atoms with van der Waals surface area (Å²) in [7, 11) is 0. The molecule has 0 atom stereocenters. The number of fused-ring (bicyclic) bond motifs is 1. The van der Waals surface area contributed by atoms with Crippen molar-refractivity contribution in [2.24, 2.45) is 0 Å². The van der Waals surface area contributed by atoms with Crippen molar-refractivity contribution in [1.29, 1.82) is 0 Å². The molecular weight excluding hydrogens is 302 g/mol. The molecule has 22 heavy (non-hydrogen) atoms. The summed E-state index contributed by atoms with van der Waals surface area (Å²) < 4.78 is 10.7. The van der Waals surface area contributed by atoms with Crippen molar-refractivity contribution >= 4 is 28.1 Å². The average molecular weight is 317 g/mol. The van der Waals surface area contributed by atoms with Crippen LogP contribution in [0.1, 0.15) is 0 Å². The summed E-state index contributed by atoms with van der Waals surface area (Å²) in [5.74, 6) is 0.573. The molecule has 6 nitrogen and oxygen atoms in total. The highest BCUT2D eigenvalue weighted by atomic mass is 32.1. The predicted octanol–water partition coefficient (Wildman–Crippen LogP) is 1.98. The zero-order chi connectivity index (χ0) is 14.9. The summed E-state index contributed by atoms with van der Waals surface area (Å²) in [4.78, 5) is 18.4. The smallest absolute Gasteiger partial charge is 0.262 e. The zero-order valence-corrected chi connectivity index (χ0v) is 12.7. The number of hydrogen-bond acceptors (Lipinski definition) is 6. The summed E-state index contributed by atoms with van der Waals surface area (Å²) >= 11 is 1.63. The third kappa shape index (κ3) is 2.53. The first-order valence-electron chi connectivity index (χ1n) is 7.15. The summed E-state index contributed by atoms with van der Waals surface area (Å²) in [6.07, 6.45) is 0. The van der Waals surface area contributed by atoms with Gasteiger partial charge in [0.1, 0.15) is 5.75 Å². The van der Waals surface area contributed by atoms with Crippen molar-refractivity contribution in [3.8, 4) is 17.0 Å². The van der Waals surface area contributed by atoms with E-state index in [4.69, 9.17) is 14.5 Å². The molecule has 1 aromatic carbocycles. The number of benzene rings is 1. The van der Waals surface area contributed by atoms with Crippen molar-refractivity contribution < 1.29 is 14.3 Å². The third-order valence-corrected chi connectivity index (χ3v) is 4.58. The molecule has 0 saturated carbocycles. The van der Waals surface area contributed by atoms with E-state index < -0.39 is 0 Å². The topological polar surface area (TPSA) is 63.7 Å². The summed E-state index contributed by atoms with van der Waals surface area (Å²) in [6.45, 7) is 3.32. The van der Waals surface area contributed by atoms with Gasteiger partial charge in [-0.1, -0.05) is 0 Å². The molecule has 2 aliphatic heterocycles. The second-order valence-corrected chi connectivity index (χ2v) is 6.00. The van der Waals surface area contributed by atoms with Crippen LogP contribution in [0, 0.1) is 0 Å². The minimum atomic E-state index is -0.128. The van der Waals surface area contributed by atoms with Gasteiger partial charge in [0.2, 0.25) is 0 Å². The minimum Gasteiger partial charge on any atom is -0.482 e. The van der Waals surface area contributed by atoms with Crippen LogP contribution in [-0.4, -0.2) is 43.8 Å². The number of carbonyl (C=O) groups excluding carboxylic acids is 1. The summed E-state index contributed by atoms with van der Waals surface area (Å²) in [5.41, 5.74) is 2.59. The number of anilines is 2. The lowest BCUT2D eigenvalue weighted by Crippen LogP contribution is -2.36. The van der Waals surface area contributed by atoms with Crippen LogP contribution in [0.4, 0.5) is 10.8 Å². The number of aromatic nitrogens is 1. The molecule has 1 fully saturated rings. The highest BCUT2D eigenvalue weighted by molar-refractivity contribution is 7.14. The maximum Gasteiger partial charge on any atom is 0.262 e. The maximum absolute atomic E-state index is 11.4. The molecule has 0 unspecified atom stereocenters. The van der Waals surface area contributed by atoms with Crippen LogP contribution in [0.15, 0.2) is 23.6 Å². The first-order valence-corrected chi connectivity index (χ1v) is 8.03. The van der Waals surface area contributed by atoms with Gasteiger partial charge >= 0.3 is 0 Å². The predicted molar refractivity (Wildman–Crippen MR) is 84.7 cm³/mol. The van der Waals surface area contributed by atoms with Crippen LogP contribution >= 0.6 is 11.3 Å². The monoisotopic (exact) mass is 317 g/mol. The molecule has 114 valence electrons. The lowest BCUT2D eigenvalue weighted by Gasteiger charge is -2.26. The number of thiazole rings is 1. The van der Waals surface area contributed by atoms with Crippen LogP contribution < -0.4 is 15.0 Å². The van der Waals surface area contributed by atoms with Gasteiger partial charge in [-0.3, -0.25) is 4.79 Å². The van der Waals surface area contributed by atoms with Crippen LogP contribution in [0.25, 0.3) is 11.3 Å². The molecule has 1 saturated heterocycles. The first kappa shape index (κ1) is 13.5. The molecule has 1 N–H and O–H groups in total. The molecule has 7 heteroatoms. The standard InChI is InChI=1S/C15H15N3O3S/c19-14-8-21-13-2-1-10(7-11(13)16-14)12-9-22-15(17-12)18-3-5-20-6-4-18/h1-2,7,9H,3-6,8H2,(H,16,19). The van der Waals surface area contributed by atoms with Crippen LogP contribution in [0.3, 0.4) is 0 Å². The fraction of sp³-hybridized carbons (Fsp3) is 0.333. The van der Waals surface area contributed by atoms with Gasteiger partial charge in [0, 0.05) is 24.0 Å². The van der Waals surface area contributed by atoms with Crippen molar-refractivity contribution in [2.75, 3.05) is 43.1 Å². The van der Waals surface area contributed by atoms with Gasteiger partial charge in [-0.15, -0.1) is 11.3 Å². The fourth-order valence-electron chi connectivity index (χ4n) is 2.54. The molecule has 2 aromatic rings. The van der Waals surface area contributed by atoms with Crippen molar-refractivity contribution in [3.63, 3.8) is 0 Å². The Balaban J connectivity index is 1.61. The summed E-state index contributed by atoms with van der Waals surface area (Å²) in [5, 5.41) is 5.88. The Morgan fingerprint density at radius 3 is 3.00 bits per heavy atom. The van der Waals surface area contributed by atoms with Gasteiger partial charge in [0.15, 0.2) is 11.7 Å². The van der Waals surface area contributed by atoms with Crippen LogP contribution in [0.5, 0.6) is 5.75 Å². The average Bonchev–Trinajstić information content (AvgIpc) is 3.05. The molecule has 0 bridgehead atoms. The lowest BCUT2D eigenvalue weighted by molar-refractivity contribution is -0.118. The van der Waals surface area contributed by atoms with Gasteiger partial charge < -0.3 is 19.7 Å². The first-order chi connectivity index (χ1) is 10.8. The number of morpholine rings is 1. The van der Waals surface area contributed by atoms with Crippen LogP contribution in [-0.2, 0) is 9.53 Å². The molecular formula is C15H15N3O3S. The maximum atomic E-state index is 11.4. The van der Waals surface area contributed by atoms with E-state index in [2.05, 4.69) is 10.2 Å². The van der Waals surface area contributed by atoms with E-state index in [0.717, 1.165) is 42.7 Å². The van der Waals surface area contributed by atoms with Crippen molar-refractivity contribution in [1.82, 2.24) is 4.98 Å². The van der Waals surface area contributed by atoms with E-state index in [1.54, 1.807) is 11.3 Å². The van der Waals surface area contributed by atoms with E-state index in [0.29, 0.717) is 11.4 Å². The Morgan fingerprint density at radius 2 is 2.14 bits per heavy atom. The van der Waals surface area contributed by atoms with Crippen molar-refractivity contribution in [2.45, 2.75) is 0 Å². The quantitative estimate of drug-likeness (QED) is 0.917. The highest BCUT2D eigenvalue weighted by Gasteiger charge is 2.18. The SMILES string of the molecule is O=C1COc2ccc(-c3csc(N4CCOCC4)n3)cc2N1. The number of ether oxygens (including phenoxy) is 2. The molecule has 0 radical (unpaired) electrons. The number of nitrogens with one attached hydrogen (secondary N) is 1. The molecule has 1 amide bonds. The van der Waals surface area contributed by atoms with Gasteiger partial charge in [0.05, 0.1) is 24.6 Å². The number of rotatable bonds is 2. The zero-order valence-electron chi connectivity index (χ0n) is 11.9. The van der Waals surface area contributed by atoms with E-state index >= 15 is 0 Å². The van der Waals surface area contributed by atoms with E-state index in [9.17, 15) is 4.79 Å². The van der Waals surface area contributed by atoms with Gasteiger partial charge in [-0.2, -0.15) is 0 Å². The Morgan fingerprint density at radius 1 is 1.27 bits per heavy atom.